The van der Waals surface area contributed by atoms with Crippen molar-refractivity contribution in [1.29, 1.82) is 5.26 Å². The molecule has 0 amide bonds. The minimum Gasteiger partial charge on any atom is -0.493 e. The number of aryl methyl sites for hydroxylation is 1. The molecule has 3 aromatic rings. The van der Waals surface area contributed by atoms with Crippen molar-refractivity contribution in [3.05, 3.63) is 42.1 Å². The Morgan fingerprint density at radius 2 is 1.68 bits per heavy atom. The van der Waals surface area contributed by atoms with Gasteiger partial charge in [-0.25, -0.2) is 8.42 Å². The van der Waals surface area contributed by atoms with Gasteiger partial charge in [0.1, 0.15) is 6.07 Å². The van der Waals surface area contributed by atoms with E-state index in [0.717, 1.165) is 5.52 Å². The van der Waals surface area contributed by atoms with Crippen LogP contribution >= 0.6 is 0 Å². The molecule has 0 bridgehead atoms. The summed E-state index contributed by atoms with van der Waals surface area (Å²) in [5.74, 6) is 1.01. The quantitative estimate of drug-likeness (QED) is 0.681. The SMILES string of the molecule is COc1cc(NS(=O)(=O)c2ccc3c(c2)c(C#N)cn3C)cc(OC)c1OC. The molecule has 1 N–H and O–H groups in total. The Hall–Kier alpha value is -3.38. The van der Waals surface area contributed by atoms with Crippen molar-refractivity contribution in [1.82, 2.24) is 4.57 Å². The van der Waals surface area contributed by atoms with Crippen LogP contribution in [0.25, 0.3) is 10.9 Å². The molecule has 1 aromatic heterocycles. The number of nitriles is 1. The zero-order valence-electron chi connectivity index (χ0n) is 15.8. The number of nitrogens with zero attached hydrogens (tertiary/aromatic N) is 2. The standard InChI is InChI=1S/C19H19N3O5S/c1-22-11-12(10-20)15-9-14(5-6-16(15)22)28(23,24)21-13-7-17(25-2)19(27-4)18(8-13)26-3/h5-9,11,21H,1-4H3. The van der Waals surface area contributed by atoms with Crippen molar-refractivity contribution in [2.75, 3.05) is 26.1 Å². The maximum absolute atomic E-state index is 12.9. The van der Waals surface area contributed by atoms with E-state index in [1.807, 2.05) is 0 Å². The van der Waals surface area contributed by atoms with E-state index >= 15 is 0 Å². The molecule has 9 heteroatoms. The number of fused-ring (bicyclic) bond motifs is 1. The van der Waals surface area contributed by atoms with E-state index in [-0.39, 0.29) is 10.6 Å². The predicted octanol–water partition coefficient (Wildman–Crippen LogP) is 2.88. The zero-order valence-corrected chi connectivity index (χ0v) is 16.6. The summed E-state index contributed by atoms with van der Waals surface area (Å²) in [4.78, 5) is 0.0384. The van der Waals surface area contributed by atoms with Crippen LogP contribution in [-0.2, 0) is 17.1 Å². The monoisotopic (exact) mass is 401 g/mol. The van der Waals surface area contributed by atoms with E-state index in [9.17, 15) is 13.7 Å². The lowest BCUT2D eigenvalue weighted by atomic mass is 10.2. The molecule has 0 aliphatic heterocycles. The number of ether oxygens (including phenoxy) is 3. The molecule has 28 heavy (non-hydrogen) atoms. The Labute approximate surface area is 162 Å². The van der Waals surface area contributed by atoms with E-state index in [0.29, 0.717) is 28.2 Å². The topological polar surface area (TPSA) is 103 Å². The van der Waals surface area contributed by atoms with Gasteiger partial charge in [0.15, 0.2) is 11.5 Å². The van der Waals surface area contributed by atoms with Gasteiger partial charge < -0.3 is 18.8 Å². The molecule has 0 saturated carbocycles. The van der Waals surface area contributed by atoms with Crippen LogP contribution in [0.5, 0.6) is 17.2 Å². The molecule has 0 fully saturated rings. The molecular weight excluding hydrogens is 382 g/mol. The molecule has 0 atom stereocenters. The second kappa shape index (κ2) is 7.32. The highest BCUT2D eigenvalue weighted by atomic mass is 32.2. The fourth-order valence-electron chi connectivity index (χ4n) is 2.98. The smallest absolute Gasteiger partial charge is 0.261 e. The lowest BCUT2D eigenvalue weighted by Crippen LogP contribution is -2.13. The second-order valence-electron chi connectivity index (χ2n) is 5.96. The third-order valence-corrected chi connectivity index (χ3v) is 5.69. The van der Waals surface area contributed by atoms with Crippen molar-refractivity contribution < 1.29 is 22.6 Å². The number of sulfonamides is 1. The van der Waals surface area contributed by atoms with Crippen LogP contribution in [0, 0.1) is 11.3 Å². The molecule has 0 aliphatic carbocycles. The molecule has 0 saturated heterocycles. The van der Waals surface area contributed by atoms with Gasteiger partial charge in [-0.1, -0.05) is 0 Å². The average molecular weight is 401 g/mol. The van der Waals surface area contributed by atoms with Gasteiger partial charge in [-0.15, -0.1) is 0 Å². The Balaban J connectivity index is 2.05. The van der Waals surface area contributed by atoms with E-state index in [1.165, 1.54) is 45.6 Å². The first kappa shape index (κ1) is 19.4. The number of hydrogen-bond acceptors (Lipinski definition) is 6. The Morgan fingerprint density at radius 1 is 1.04 bits per heavy atom. The summed E-state index contributed by atoms with van der Waals surface area (Å²) in [6, 6.07) is 9.72. The Bertz CT molecular complexity index is 1170. The van der Waals surface area contributed by atoms with Crippen LogP contribution in [0.1, 0.15) is 5.56 Å². The van der Waals surface area contributed by atoms with Crippen LogP contribution in [0.2, 0.25) is 0 Å². The number of aromatic nitrogens is 1. The lowest BCUT2D eigenvalue weighted by molar-refractivity contribution is 0.325. The molecule has 0 unspecified atom stereocenters. The van der Waals surface area contributed by atoms with Crippen molar-refractivity contribution in [3.8, 4) is 23.3 Å². The van der Waals surface area contributed by atoms with Crippen LogP contribution in [0.4, 0.5) is 5.69 Å². The summed E-state index contributed by atoms with van der Waals surface area (Å²) in [5.41, 5.74) is 1.42. The van der Waals surface area contributed by atoms with Gasteiger partial charge in [-0.2, -0.15) is 5.26 Å². The molecule has 1 heterocycles. The normalized spacial score (nSPS) is 11.1. The Kier molecular flexibility index (Phi) is 5.07. The second-order valence-corrected chi connectivity index (χ2v) is 7.65. The van der Waals surface area contributed by atoms with Gasteiger partial charge in [-0.3, -0.25) is 4.72 Å². The first-order chi connectivity index (χ1) is 13.3. The van der Waals surface area contributed by atoms with Gasteiger partial charge in [-0.05, 0) is 18.2 Å². The minimum atomic E-state index is -3.91. The number of hydrogen-bond donors (Lipinski definition) is 1. The van der Waals surface area contributed by atoms with Gasteiger partial charge in [0.25, 0.3) is 10.0 Å². The van der Waals surface area contributed by atoms with Crippen LogP contribution in [-0.4, -0.2) is 34.3 Å². The number of methoxy groups -OCH3 is 3. The third-order valence-electron chi connectivity index (χ3n) is 4.31. The number of nitrogens with one attached hydrogen (secondary N) is 1. The molecule has 0 spiro atoms. The number of rotatable bonds is 6. The van der Waals surface area contributed by atoms with Gasteiger partial charge in [0, 0.05) is 36.3 Å². The summed E-state index contributed by atoms with van der Waals surface area (Å²) in [6.07, 6.45) is 1.66. The van der Waals surface area contributed by atoms with E-state index < -0.39 is 10.0 Å². The lowest BCUT2D eigenvalue weighted by Gasteiger charge is -2.15. The van der Waals surface area contributed by atoms with Crippen molar-refractivity contribution in [3.63, 3.8) is 0 Å². The average Bonchev–Trinajstić information content (AvgIpc) is 3.02. The molecule has 2 aromatic carbocycles. The highest BCUT2D eigenvalue weighted by molar-refractivity contribution is 7.92. The van der Waals surface area contributed by atoms with E-state index in [2.05, 4.69) is 10.8 Å². The summed E-state index contributed by atoms with van der Waals surface area (Å²) in [5, 5.41) is 9.84. The van der Waals surface area contributed by atoms with Crippen LogP contribution in [0.3, 0.4) is 0 Å². The molecule has 8 nitrogen and oxygen atoms in total. The first-order valence-corrected chi connectivity index (χ1v) is 9.65. The van der Waals surface area contributed by atoms with E-state index in [1.54, 1.807) is 23.9 Å². The molecule has 0 aliphatic rings. The highest BCUT2D eigenvalue weighted by Crippen LogP contribution is 2.40. The number of anilines is 1. The maximum atomic E-state index is 12.9. The largest absolute Gasteiger partial charge is 0.493 e. The number of benzene rings is 2. The third kappa shape index (κ3) is 3.30. The van der Waals surface area contributed by atoms with Crippen LogP contribution in [0.15, 0.2) is 41.4 Å². The summed E-state index contributed by atoms with van der Waals surface area (Å²) in [7, 11) is 2.24. The van der Waals surface area contributed by atoms with E-state index in [4.69, 9.17) is 14.2 Å². The van der Waals surface area contributed by atoms with Gasteiger partial charge in [0.05, 0.1) is 37.5 Å². The summed E-state index contributed by atoms with van der Waals surface area (Å²) in [6.45, 7) is 0. The predicted molar refractivity (Wildman–Crippen MR) is 105 cm³/mol. The zero-order chi connectivity index (χ0) is 20.5. The van der Waals surface area contributed by atoms with Crippen molar-refractivity contribution in [2.45, 2.75) is 4.90 Å². The summed E-state index contributed by atoms with van der Waals surface area (Å²) < 4.78 is 45.8. The fourth-order valence-corrected chi connectivity index (χ4v) is 4.05. The van der Waals surface area contributed by atoms with Gasteiger partial charge >= 0.3 is 0 Å². The minimum absolute atomic E-state index is 0.0384. The molecular formula is C19H19N3O5S. The maximum Gasteiger partial charge on any atom is 0.261 e. The van der Waals surface area contributed by atoms with Gasteiger partial charge in [0.2, 0.25) is 5.75 Å². The molecule has 3 rings (SSSR count). The first-order valence-electron chi connectivity index (χ1n) is 8.16. The van der Waals surface area contributed by atoms with Crippen molar-refractivity contribution >= 4 is 26.6 Å². The highest BCUT2D eigenvalue weighted by Gasteiger charge is 2.20. The fraction of sp³-hybridized carbons (Fsp3) is 0.211. The molecule has 146 valence electrons. The van der Waals surface area contributed by atoms with Crippen LogP contribution < -0.4 is 18.9 Å². The Morgan fingerprint density at radius 3 is 2.21 bits per heavy atom. The summed E-state index contributed by atoms with van der Waals surface area (Å²) >= 11 is 0. The van der Waals surface area contributed by atoms with Crippen molar-refractivity contribution in [2.24, 2.45) is 7.05 Å². The molecule has 0 radical (unpaired) electrons.